The molecule has 2 rings (SSSR count). The quantitative estimate of drug-likeness (QED) is 0.441. The van der Waals surface area contributed by atoms with Crippen LogP contribution in [0, 0.1) is 5.92 Å². The number of aryl methyl sites for hydroxylation is 1. The van der Waals surface area contributed by atoms with Gasteiger partial charge in [-0.2, -0.15) is 0 Å². The molecule has 0 bridgehead atoms. The van der Waals surface area contributed by atoms with E-state index < -0.39 is 17.9 Å². The zero-order valence-electron chi connectivity index (χ0n) is 13.5. The molecule has 0 saturated carbocycles. The number of benzene rings is 1. The van der Waals surface area contributed by atoms with Gasteiger partial charge < -0.3 is 5.11 Å². The molecule has 2 N–H and O–H groups in total. The van der Waals surface area contributed by atoms with Crippen molar-refractivity contribution < 1.29 is 19.8 Å². The molecule has 0 amide bonds. The van der Waals surface area contributed by atoms with E-state index in [2.05, 4.69) is 17.6 Å². The zero-order valence-corrected chi connectivity index (χ0v) is 16.8. The Morgan fingerprint density at radius 3 is 2.52 bits per heavy atom. The van der Waals surface area contributed by atoms with Crippen molar-refractivity contribution >= 4 is 45.9 Å². The normalized spacial score (nSPS) is 13.2. The number of hydrogen-bond acceptors (Lipinski definition) is 4. The third-order valence-corrected chi connectivity index (χ3v) is 5.32. The summed E-state index contributed by atoms with van der Waals surface area (Å²) in [6.07, 6.45) is 3.21. The molecule has 25 heavy (non-hydrogen) atoms. The van der Waals surface area contributed by atoms with Crippen molar-refractivity contribution in [3.63, 3.8) is 0 Å². The predicted octanol–water partition coefficient (Wildman–Crippen LogP) is 1.21. The molecule has 3 atom stereocenters. The molecule has 0 saturated heterocycles. The minimum absolute atomic E-state index is 0.232. The van der Waals surface area contributed by atoms with Crippen molar-refractivity contribution in [3.8, 4) is 0 Å². The molecule has 7 heteroatoms. The number of pyridine rings is 1. The first kappa shape index (κ1) is 19.5. The predicted molar refractivity (Wildman–Crippen MR) is 102 cm³/mol. The molecular formula is C18H20AsNO4S. The van der Waals surface area contributed by atoms with Crippen LogP contribution >= 0.6 is 12.6 Å². The molecule has 1 aromatic heterocycles. The van der Waals surface area contributed by atoms with Gasteiger partial charge in [0.2, 0.25) is 0 Å². The second-order valence-corrected chi connectivity index (χ2v) is 7.76. The van der Waals surface area contributed by atoms with Gasteiger partial charge in [0.1, 0.15) is 0 Å². The number of carbonyl (C=O) groups is 2. The number of carboxylic acids is 2. The number of aromatic nitrogens is 1. The fourth-order valence-corrected chi connectivity index (χ4v) is 3.29. The number of aliphatic carboxylic acids is 1. The van der Waals surface area contributed by atoms with E-state index >= 15 is 0 Å². The summed E-state index contributed by atoms with van der Waals surface area (Å²) in [7, 11) is 0. The standard InChI is InChI=1S/C18H20AsNO4S/c19-16-7-5-12(10-20-16)9-14(18(23)24)15(25)6-4-11-2-1-3-13(8-11)17(21)22/h1-3,5,7-8,10,14-15,25H,4,6,9,19H2,(H,21,22)(H,23,24). The van der Waals surface area contributed by atoms with Gasteiger partial charge in [-0.3, -0.25) is 0 Å². The van der Waals surface area contributed by atoms with Gasteiger partial charge in [0.15, 0.2) is 0 Å². The fourth-order valence-electron chi connectivity index (χ4n) is 2.57. The van der Waals surface area contributed by atoms with Crippen LogP contribution in [-0.4, -0.2) is 49.2 Å². The van der Waals surface area contributed by atoms with Crippen LogP contribution in [0.4, 0.5) is 0 Å². The molecule has 2 aromatic rings. The molecule has 132 valence electrons. The third kappa shape index (κ3) is 5.91. The summed E-state index contributed by atoms with van der Waals surface area (Å²) in [6, 6.07) is 10.5. The molecule has 0 spiro atoms. The summed E-state index contributed by atoms with van der Waals surface area (Å²) in [5.74, 6) is -2.48. The van der Waals surface area contributed by atoms with Crippen LogP contribution in [0.2, 0.25) is 0 Å². The number of carboxylic acid groups (broad SMARTS) is 2. The molecule has 0 aliphatic rings. The molecular weight excluding hydrogens is 401 g/mol. The molecule has 1 heterocycles. The van der Waals surface area contributed by atoms with Gasteiger partial charge in [-0.05, 0) is 6.07 Å². The number of thiol groups is 1. The van der Waals surface area contributed by atoms with Crippen LogP contribution in [0.3, 0.4) is 0 Å². The third-order valence-electron chi connectivity index (χ3n) is 3.99. The molecule has 0 radical (unpaired) electrons. The Labute approximate surface area is 160 Å². The van der Waals surface area contributed by atoms with E-state index in [1.165, 1.54) is 22.9 Å². The molecule has 5 nitrogen and oxygen atoms in total. The fraction of sp³-hybridized carbons (Fsp3) is 0.278. The summed E-state index contributed by atoms with van der Waals surface area (Å²) >= 11 is 5.92. The topological polar surface area (TPSA) is 87.5 Å². The molecule has 0 aliphatic heterocycles. The molecule has 1 aromatic carbocycles. The van der Waals surface area contributed by atoms with Gasteiger partial charge in [-0.15, -0.1) is 0 Å². The minimum atomic E-state index is -0.971. The molecule has 0 aliphatic carbocycles. The van der Waals surface area contributed by atoms with E-state index in [9.17, 15) is 14.7 Å². The SMILES string of the molecule is O=C(O)c1cccc(CCC(S)C(Cc2ccc([AsH2])nc2)C(=O)O)c1. The van der Waals surface area contributed by atoms with Crippen molar-refractivity contribution in [3.05, 3.63) is 59.3 Å². The van der Waals surface area contributed by atoms with E-state index in [0.717, 1.165) is 15.6 Å². The average Bonchev–Trinajstić information content (AvgIpc) is 2.59. The van der Waals surface area contributed by atoms with Crippen LogP contribution < -0.4 is 4.48 Å². The van der Waals surface area contributed by atoms with E-state index in [1.807, 2.05) is 18.2 Å². The van der Waals surface area contributed by atoms with E-state index in [-0.39, 0.29) is 10.8 Å². The summed E-state index contributed by atoms with van der Waals surface area (Å²) < 4.78 is 0.948. The second kappa shape index (κ2) is 9.07. The maximum absolute atomic E-state index is 11.6. The van der Waals surface area contributed by atoms with Crippen LogP contribution in [0.15, 0.2) is 42.6 Å². The van der Waals surface area contributed by atoms with E-state index in [0.29, 0.717) is 19.3 Å². The Balaban J connectivity index is 2.01. The summed E-state index contributed by atoms with van der Waals surface area (Å²) in [5.41, 5.74) is 1.97. The first-order valence-electron chi connectivity index (χ1n) is 7.80. The van der Waals surface area contributed by atoms with E-state index in [4.69, 9.17) is 5.11 Å². The Hall–Kier alpha value is -1.78. The van der Waals surface area contributed by atoms with Crippen molar-refractivity contribution in [1.82, 2.24) is 4.98 Å². The van der Waals surface area contributed by atoms with E-state index in [1.54, 1.807) is 18.3 Å². The first-order valence-corrected chi connectivity index (χ1v) is 9.53. The van der Waals surface area contributed by atoms with Crippen molar-refractivity contribution in [2.75, 3.05) is 0 Å². The van der Waals surface area contributed by atoms with Crippen molar-refractivity contribution in [2.45, 2.75) is 24.5 Å². The Bertz CT molecular complexity index is 751. The number of nitrogens with zero attached hydrogens (tertiary/aromatic N) is 1. The number of aromatic carboxylic acids is 1. The number of hydrogen-bond donors (Lipinski definition) is 3. The van der Waals surface area contributed by atoms with Crippen LogP contribution in [0.25, 0.3) is 0 Å². The summed E-state index contributed by atoms with van der Waals surface area (Å²) in [6.45, 7) is 0. The molecule has 3 unspecified atom stereocenters. The zero-order chi connectivity index (χ0) is 18.4. The second-order valence-electron chi connectivity index (χ2n) is 5.85. The van der Waals surface area contributed by atoms with Crippen LogP contribution in [0.5, 0.6) is 0 Å². The first-order chi connectivity index (χ1) is 11.9. The van der Waals surface area contributed by atoms with Gasteiger partial charge in [-0.1, -0.05) is 0 Å². The Morgan fingerprint density at radius 2 is 1.92 bits per heavy atom. The van der Waals surface area contributed by atoms with Gasteiger partial charge in [0.05, 0.1) is 0 Å². The average molecular weight is 421 g/mol. The van der Waals surface area contributed by atoms with Crippen molar-refractivity contribution in [1.29, 1.82) is 0 Å². The van der Waals surface area contributed by atoms with Crippen molar-refractivity contribution in [2.24, 2.45) is 5.92 Å². The van der Waals surface area contributed by atoms with Crippen LogP contribution in [-0.2, 0) is 17.6 Å². The van der Waals surface area contributed by atoms with Gasteiger partial charge in [0, 0.05) is 0 Å². The Kier molecular flexibility index (Phi) is 7.09. The monoisotopic (exact) mass is 421 g/mol. The number of rotatable bonds is 8. The molecule has 0 fully saturated rings. The van der Waals surface area contributed by atoms with Gasteiger partial charge >= 0.3 is 144 Å². The summed E-state index contributed by atoms with van der Waals surface area (Å²) in [4.78, 5) is 26.9. The summed E-state index contributed by atoms with van der Waals surface area (Å²) in [5, 5.41) is 18.2. The Morgan fingerprint density at radius 1 is 1.16 bits per heavy atom. The van der Waals surface area contributed by atoms with Gasteiger partial charge in [0.25, 0.3) is 0 Å². The van der Waals surface area contributed by atoms with Crippen LogP contribution in [0.1, 0.15) is 27.9 Å². The van der Waals surface area contributed by atoms with Gasteiger partial charge in [-0.25, -0.2) is 4.79 Å². The maximum atomic E-state index is 11.6.